The normalized spacial score (nSPS) is 11.1. The zero-order valence-electron chi connectivity index (χ0n) is 9.69. The third kappa shape index (κ3) is 2.25. The average Bonchev–Trinajstić information content (AvgIpc) is 2.46. The van der Waals surface area contributed by atoms with Crippen molar-refractivity contribution in [2.45, 2.75) is 0 Å². The highest BCUT2D eigenvalue weighted by Crippen LogP contribution is 2.12. The maximum absolute atomic E-state index is 4.52. The molecule has 2 heterocycles. The van der Waals surface area contributed by atoms with E-state index in [4.69, 9.17) is 0 Å². The Morgan fingerprint density at radius 3 is 2.78 bits per heavy atom. The molecule has 0 saturated carbocycles. The first kappa shape index (κ1) is 10.6. The van der Waals surface area contributed by atoms with Crippen LogP contribution in [0.4, 0.5) is 5.69 Å². The standard InChI is InChI=1S/C15H11N3/c1-2-6-15-12(4-1)7-8-14(18-15)11-17-13-5-3-9-16-10-13/h1-11H. The van der Waals surface area contributed by atoms with Gasteiger partial charge in [0.2, 0.25) is 0 Å². The summed E-state index contributed by atoms with van der Waals surface area (Å²) in [6, 6.07) is 15.8. The van der Waals surface area contributed by atoms with Crippen molar-refractivity contribution in [1.29, 1.82) is 0 Å². The predicted molar refractivity (Wildman–Crippen MR) is 73.2 cm³/mol. The predicted octanol–water partition coefficient (Wildman–Crippen LogP) is 3.38. The highest BCUT2D eigenvalue weighted by atomic mass is 14.8. The fourth-order valence-corrected chi connectivity index (χ4v) is 1.72. The lowest BCUT2D eigenvalue weighted by molar-refractivity contribution is 1.30. The second-order valence-electron chi connectivity index (χ2n) is 3.90. The van der Waals surface area contributed by atoms with Crippen LogP contribution in [0, 0.1) is 0 Å². The molecule has 0 saturated heterocycles. The summed E-state index contributed by atoms with van der Waals surface area (Å²) in [5, 5.41) is 1.14. The molecular formula is C15H11N3. The van der Waals surface area contributed by atoms with Crippen LogP contribution in [-0.4, -0.2) is 16.2 Å². The molecule has 0 bridgehead atoms. The van der Waals surface area contributed by atoms with E-state index in [0.717, 1.165) is 22.3 Å². The maximum atomic E-state index is 4.52. The van der Waals surface area contributed by atoms with Gasteiger partial charge in [-0.05, 0) is 24.3 Å². The van der Waals surface area contributed by atoms with Gasteiger partial charge in [0.25, 0.3) is 0 Å². The Bertz CT molecular complexity index is 690. The van der Waals surface area contributed by atoms with Crippen LogP contribution >= 0.6 is 0 Å². The molecule has 3 aromatic rings. The van der Waals surface area contributed by atoms with E-state index in [1.54, 1.807) is 18.6 Å². The summed E-state index contributed by atoms with van der Waals surface area (Å²) < 4.78 is 0. The molecule has 0 N–H and O–H groups in total. The fraction of sp³-hybridized carbons (Fsp3) is 0. The van der Waals surface area contributed by atoms with E-state index in [2.05, 4.69) is 15.0 Å². The van der Waals surface area contributed by atoms with Crippen molar-refractivity contribution in [3.05, 3.63) is 66.6 Å². The first-order valence-corrected chi connectivity index (χ1v) is 5.72. The summed E-state index contributed by atoms with van der Waals surface area (Å²) >= 11 is 0. The van der Waals surface area contributed by atoms with Gasteiger partial charge in [0.15, 0.2) is 0 Å². The van der Waals surface area contributed by atoms with Crippen LogP contribution in [-0.2, 0) is 0 Å². The lowest BCUT2D eigenvalue weighted by Gasteiger charge is -1.97. The SMILES string of the molecule is C(=Nc1cccnc1)c1ccc2ccccc2n1. The van der Waals surface area contributed by atoms with Gasteiger partial charge in [0.1, 0.15) is 0 Å². The van der Waals surface area contributed by atoms with Crippen molar-refractivity contribution in [1.82, 2.24) is 9.97 Å². The molecule has 0 aliphatic carbocycles. The molecule has 0 spiro atoms. The lowest BCUT2D eigenvalue weighted by Crippen LogP contribution is -1.87. The second-order valence-corrected chi connectivity index (χ2v) is 3.90. The molecule has 0 atom stereocenters. The molecule has 86 valence electrons. The molecule has 3 heteroatoms. The Kier molecular flexibility index (Phi) is 2.80. The molecule has 0 aliphatic heterocycles. The summed E-state index contributed by atoms with van der Waals surface area (Å²) in [6.45, 7) is 0. The number of hydrogen-bond donors (Lipinski definition) is 0. The van der Waals surface area contributed by atoms with E-state index in [0.29, 0.717) is 0 Å². The Hall–Kier alpha value is -2.55. The van der Waals surface area contributed by atoms with E-state index < -0.39 is 0 Å². The third-order valence-corrected chi connectivity index (χ3v) is 2.61. The number of pyridine rings is 2. The van der Waals surface area contributed by atoms with Crippen LogP contribution in [0.2, 0.25) is 0 Å². The quantitative estimate of drug-likeness (QED) is 0.636. The van der Waals surface area contributed by atoms with Gasteiger partial charge in [-0.3, -0.25) is 9.98 Å². The molecule has 3 rings (SSSR count). The number of hydrogen-bond acceptors (Lipinski definition) is 3. The molecule has 0 aliphatic rings. The number of aromatic nitrogens is 2. The largest absolute Gasteiger partial charge is 0.262 e. The zero-order chi connectivity index (χ0) is 12.2. The van der Waals surface area contributed by atoms with Crippen LogP contribution in [0.25, 0.3) is 10.9 Å². The Morgan fingerprint density at radius 2 is 1.89 bits per heavy atom. The van der Waals surface area contributed by atoms with E-state index >= 15 is 0 Å². The van der Waals surface area contributed by atoms with Crippen molar-refractivity contribution < 1.29 is 0 Å². The minimum atomic E-state index is 0.826. The summed E-state index contributed by atoms with van der Waals surface area (Å²) in [7, 11) is 0. The van der Waals surface area contributed by atoms with Gasteiger partial charge in [0.05, 0.1) is 29.3 Å². The second kappa shape index (κ2) is 4.75. The topological polar surface area (TPSA) is 38.1 Å². The summed E-state index contributed by atoms with van der Waals surface area (Å²) in [5.41, 5.74) is 2.65. The summed E-state index contributed by atoms with van der Waals surface area (Å²) in [5.74, 6) is 0. The first-order valence-electron chi connectivity index (χ1n) is 5.72. The fourth-order valence-electron chi connectivity index (χ4n) is 1.72. The third-order valence-electron chi connectivity index (χ3n) is 2.61. The summed E-state index contributed by atoms with van der Waals surface area (Å²) in [4.78, 5) is 12.9. The van der Waals surface area contributed by atoms with Gasteiger partial charge < -0.3 is 0 Å². The van der Waals surface area contributed by atoms with Crippen molar-refractivity contribution in [3.63, 3.8) is 0 Å². The minimum Gasteiger partial charge on any atom is -0.262 e. The van der Waals surface area contributed by atoms with E-state index in [1.165, 1.54) is 0 Å². The van der Waals surface area contributed by atoms with Crippen LogP contribution in [0.15, 0.2) is 65.9 Å². The van der Waals surface area contributed by atoms with Gasteiger partial charge in [0, 0.05) is 11.6 Å². The molecule has 0 fully saturated rings. The van der Waals surface area contributed by atoms with Crippen molar-refractivity contribution in [2.24, 2.45) is 4.99 Å². The minimum absolute atomic E-state index is 0.826. The van der Waals surface area contributed by atoms with Gasteiger partial charge in [-0.1, -0.05) is 24.3 Å². The molecule has 1 aromatic carbocycles. The van der Waals surface area contributed by atoms with Gasteiger partial charge >= 0.3 is 0 Å². The van der Waals surface area contributed by atoms with Crippen molar-refractivity contribution in [3.8, 4) is 0 Å². The molecule has 0 radical (unpaired) electrons. The highest BCUT2D eigenvalue weighted by Gasteiger charge is 1.95. The highest BCUT2D eigenvalue weighted by molar-refractivity contribution is 5.86. The van der Waals surface area contributed by atoms with Crippen LogP contribution in [0.3, 0.4) is 0 Å². The van der Waals surface area contributed by atoms with Crippen LogP contribution in [0.5, 0.6) is 0 Å². The van der Waals surface area contributed by atoms with Crippen LogP contribution in [0.1, 0.15) is 5.69 Å². The molecule has 18 heavy (non-hydrogen) atoms. The van der Waals surface area contributed by atoms with Gasteiger partial charge in [-0.15, -0.1) is 0 Å². The van der Waals surface area contributed by atoms with Crippen LogP contribution < -0.4 is 0 Å². The summed E-state index contributed by atoms with van der Waals surface area (Å²) in [6.07, 6.45) is 5.20. The number of aliphatic imine (C=N–C) groups is 1. The zero-order valence-corrected chi connectivity index (χ0v) is 9.69. The Morgan fingerprint density at radius 1 is 0.944 bits per heavy atom. The van der Waals surface area contributed by atoms with Crippen molar-refractivity contribution >= 4 is 22.8 Å². The lowest BCUT2D eigenvalue weighted by atomic mass is 10.2. The number of fused-ring (bicyclic) bond motifs is 1. The Labute approximate surface area is 105 Å². The van der Waals surface area contributed by atoms with Crippen molar-refractivity contribution in [2.75, 3.05) is 0 Å². The number of nitrogens with zero attached hydrogens (tertiary/aromatic N) is 3. The van der Waals surface area contributed by atoms with E-state index in [-0.39, 0.29) is 0 Å². The first-order chi connectivity index (χ1) is 8.92. The molecule has 2 aromatic heterocycles. The average molecular weight is 233 g/mol. The van der Waals surface area contributed by atoms with E-state index in [1.807, 2.05) is 48.5 Å². The molecule has 0 amide bonds. The van der Waals surface area contributed by atoms with Gasteiger partial charge in [-0.2, -0.15) is 0 Å². The maximum Gasteiger partial charge on any atom is 0.0820 e. The molecule has 3 nitrogen and oxygen atoms in total. The number of benzene rings is 1. The van der Waals surface area contributed by atoms with E-state index in [9.17, 15) is 0 Å². The Balaban J connectivity index is 1.93. The molecular weight excluding hydrogens is 222 g/mol. The smallest absolute Gasteiger partial charge is 0.0820 e. The molecule has 0 unspecified atom stereocenters. The number of para-hydroxylation sites is 1. The number of rotatable bonds is 2. The monoisotopic (exact) mass is 233 g/mol. The van der Waals surface area contributed by atoms with Gasteiger partial charge in [-0.25, -0.2) is 4.98 Å².